The molecule has 1 aromatic rings. The summed E-state index contributed by atoms with van der Waals surface area (Å²) in [5.41, 5.74) is 0.878. The molecule has 0 unspecified atom stereocenters. The first kappa shape index (κ1) is 19.2. The number of carboxylic acids is 1. The summed E-state index contributed by atoms with van der Waals surface area (Å²) in [7, 11) is 0. The zero-order valence-corrected chi connectivity index (χ0v) is 15.9. The number of hydrogen-bond donors (Lipinski definition) is 1. The number of carbonyl (C=O) groups is 2. The van der Waals surface area contributed by atoms with Crippen molar-refractivity contribution in [2.75, 3.05) is 55.7 Å². The molecule has 0 saturated carbocycles. The van der Waals surface area contributed by atoms with Crippen molar-refractivity contribution in [1.82, 2.24) is 14.9 Å². The van der Waals surface area contributed by atoms with Crippen molar-refractivity contribution in [3.05, 3.63) is 11.8 Å². The van der Waals surface area contributed by atoms with Crippen LogP contribution in [0.5, 0.6) is 0 Å². The smallest absolute Gasteiger partial charge is 0.409 e. The second-order valence-electron chi connectivity index (χ2n) is 6.94. The zero-order valence-electron chi connectivity index (χ0n) is 15.9. The highest BCUT2D eigenvalue weighted by atomic mass is 16.6. The van der Waals surface area contributed by atoms with Gasteiger partial charge in [0.05, 0.1) is 12.5 Å². The second kappa shape index (κ2) is 8.41. The van der Waals surface area contributed by atoms with E-state index in [4.69, 9.17) is 14.8 Å². The molecule has 0 radical (unpaired) electrons. The number of amides is 1. The summed E-state index contributed by atoms with van der Waals surface area (Å²) in [6.45, 7) is 7.95. The van der Waals surface area contributed by atoms with E-state index >= 15 is 0 Å². The van der Waals surface area contributed by atoms with Crippen LogP contribution < -0.4 is 9.80 Å². The Hall–Kier alpha value is -2.58. The minimum Gasteiger partial charge on any atom is -0.481 e. The number of rotatable bonds is 4. The lowest BCUT2D eigenvalue weighted by Gasteiger charge is -2.35. The monoisotopic (exact) mass is 377 g/mol. The van der Waals surface area contributed by atoms with Gasteiger partial charge in [0.1, 0.15) is 5.82 Å². The lowest BCUT2D eigenvalue weighted by atomic mass is 9.97. The largest absolute Gasteiger partial charge is 0.481 e. The number of nitrogens with zero attached hydrogens (tertiary/aromatic N) is 5. The first-order valence-corrected chi connectivity index (χ1v) is 9.48. The first-order chi connectivity index (χ1) is 13.0. The fourth-order valence-corrected chi connectivity index (χ4v) is 3.50. The molecule has 3 heterocycles. The van der Waals surface area contributed by atoms with Gasteiger partial charge in [0.2, 0.25) is 5.95 Å². The van der Waals surface area contributed by atoms with Gasteiger partial charge < -0.3 is 24.5 Å². The highest BCUT2D eigenvalue weighted by Gasteiger charge is 2.27. The van der Waals surface area contributed by atoms with E-state index in [-0.39, 0.29) is 12.0 Å². The molecule has 27 heavy (non-hydrogen) atoms. The summed E-state index contributed by atoms with van der Waals surface area (Å²) in [5.74, 6) is 0.524. The fraction of sp³-hybridized carbons (Fsp3) is 0.667. The summed E-state index contributed by atoms with van der Waals surface area (Å²) in [5, 5.41) is 9.16. The van der Waals surface area contributed by atoms with E-state index in [0.29, 0.717) is 64.7 Å². The average Bonchev–Trinajstić information content (AvgIpc) is 2.68. The van der Waals surface area contributed by atoms with Crippen LogP contribution in [0.15, 0.2) is 6.07 Å². The Morgan fingerprint density at radius 3 is 2.37 bits per heavy atom. The molecule has 0 atom stereocenters. The number of carbonyl (C=O) groups excluding carboxylic acids is 1. The summed E-state index contributed by atoms with van der Waals surface area (Å²) >= 11 is 0. The van der Waals surface area contributed by atoms with Gasteiger partial charge in [-0.25, -0.2) is 9.78 Å². The van der Waals surface area contributed by atoms with Gasteiger partial charge in [-0.1, -0.05) is 0 Å². The van der Waals surface area contributed by atoms with E-state index in [1.807, 2.05) is 13.0 Å². The van der Waals surface area contributed by atoms with Crippen molar-refractivity contribution >= 4 is 23.8 Å². The minimum absolute atomic E-state index is 0.264. The summed E-state index contributed by atoms with van der Waals surface area (Å²) in [6, 6.07) is 1.94. The number of aliphatic carboxylic acids is 1. The number of aryl methyl sites for hydroxylation is 1. The van der Waals surface area contributed by atoms with Gasteiger partial charge in [0.15, 0.2) is 0 Å². The van der Waals surface area contributed by atoms with E-state index in [9.17, 15) is 9.59 Å². The fourth-order valence-electron chi connectivity index (χ4n) is 3.50. The van der Waals surface area contributed by atoms with E-state index in [1.165, 1.54) is 0 Å². The molecule has 148 valence electrons. The molecule has 1 N–H and O–H groups in total. The second-order valence-corrected chi connectivity index (χ2v) is 6.94. The van der Waals surface area contributed by atoms with Crippen molar-refractivity contribution in [3.63, 3.8) is 0 Å². The maximum Gasteiger partial charge on any atom is 0.409 e. The molecule has 2 saturated heterocycles. The van der Waals surface area contributed by atoms with Crippen LogP contribution in [0.2, 0.25) is 0 Å². The predicted molar refractivity (Wildman–Crippen MR) is 100 cm³/mol. The number of carboxylic acid groups (broad SMARTS) is 1. The Balaban J connectivity index is 1.64. The molecule has 2 aliphatic heterocycles. The third kappa shape index (κ3) is 4.58. The van der Waals surface area contributed by atoms with E-state index < -0.39 is 5.97 Å². The molecule has 0 aliphatic carbocycles. The zero-order chi connectivity index (χ0) is 19.4. The predicted octanol–water partition coefficient (Wildman–Crippen LogP) is 1.36. The molecule has 9 heteroatoms. The molecule has 1 amide bonds. The van der Waals surface area contributed by atoms with Crippen molar-refractivity contribution in [3.8, 4) is 0 Å². The highest BCUT2D eigenvalue weighted by Crippen LogP contribution is 2.24. The van der Waals surface area contributed by atoms with Crippen LogP contribution in [0.1, 0.15) is 25.5 Å². The van der Waals surface area contributed by atoms with Gasteiger partial charge in [-0.05, 0) is 26.7 Å². The molecule has 0 aromatic carbocycles. The lowest BCUT2D eigenvalue weighted by Crippen LogP contribution is -2.49. The Bertz CT molecular complexity index is 682. The molecule has 2 fully saturated rings. The number of piperidine rings is 1. The highest BCUT2D eigenvalue weighted by molar-refractivity contribution is 5.70. The normalized spacial score (nSPS) is 18.5. The number of ether oxygens (including phenoxy) is 1. The minimum atomic E-state index is -0.714. The van der Waals surface area contributed by atoms with Gasteiger partial charge in [-0.3, -0.25) is 4.79 Å². The van der Waals surface area contributed by atoms with Crippen LogP contribution in [0.3, 0.4) is 0 Å². The third-order valence-electron chi connectivity index (χ3n) is 5.09. The van der Waals surface area contributed by atoms with Gasteiger partial charge >= 0.3 is 12.1 Å². The van der Waals surface area contributed by atoms with Crippen LogP contribution in [0, 0.1) is 12.8 Å². The standard InChI is InChI=1S/C18H27N5O4/c1-3-27-18(26)23-10-8-22(9-11-23)17-19-13(2)12-15(20-17)21-6-4-14(5-7-21)16(24)25/h12,14H,3-11H2,1-2H3,(H,24,25). The van der Waals surface area contributed by atoms with Crippen LogP contribution in [0.25, 0.3) is 0 Å². The summed E-state index contributed by atoms with van der Waals surface area (Å²) in [6.07, 6.45) is 0.988. The molecule has 9 nitrogen and oxygen atoms in total. The Labute approximate surface area is 158 Å². The average molecular weight is 377 g/mol. The third-order valence-corrected chi connectivity index (χ3v) is 5.09. The van der Waals surface area contributed by atoms with Gasteiger partial charge in [0.25, 0.3) is 0 Å². The molecular formula is C18H27N5O4. The molecule has 3 rings (SSSR count). The SMILES string of the molecule is CCOC(=O)N1CCN(c2nc(C)cc(N3CCC(C(=O)O)CC3)n2)CC1. The maximum absolute atomic E-state index is 11.8. The Kier molecular flexibility index (Phi) is 5.98. The van der Waals surface area contributed by atoms with Gasteiger partial charge in [-0.2, -0.15) is 4.98 Å². The topological polar surface area (TPSA) is 99.1 Å². The molecular weight excluding hydrogens is 350 g/mol. The van der Waals surface area contributed by atoms with Crippen molar-refractivity contribution < 1.29 is 19.4 Å². The van der Waals surface area contributed by atoms with Gasteiger partial charge in [0, 0.05) is 51.0 Å². The maximum atomic E-state index is 11.8. The van der Waals surface area contributed by atoms with Crippen LogP contribution in [0.4, 0.5) is 16.6 Å². The molecule has 0 spiro atoms. The molecule has 2 aliphatic rings. The van der Waals surface area contributed by atoms with Crippen molar-refractivity contribution in [2.45, 2.75) is 26.7 Å². The van der Waals surface area contributed by atoms with Crippen molar-refractivity contribution in [1.29, 1.82) is 0 Å². The quantitative estimate of drug-likeness (QED) is 0.840. The van der Waals surface area contributed by atoms with E-state index in [1.54, 1.807) is 11.8 Å². The van der Waals surface area contributed by atoms with Gasteiger partial charge in [-0.15, -0.1) is 0 Å². The van der Waals surface area contributed by atoms with Crippen molar-refractivity contribution in [2.24, 2.45) is 5.92 Å². The Morgan fingerprint density at radius 1 is 1.11 bits per heavy atom. The Morgan fingerprint density at radius 2 is 1.78 bits per heavy atom. The van der Waals surface area contributed by atoms with E-state index in [2.05, 4.69) is 14.8 Å². The first-order valence-electron chi connectivity index (χ1n) is 9.48. The number of aromatic nitrogens is 2. The van der Waals surface area contributed by atoms with Crippen LogP contribution in [-0.2, 0) is 9.53 Å². The summed E-state index contributed by atoms with van der Waals surface area (Å²) < 4.78 is 5.05. The number of hydrogen-bond acceptors (Lipinski definition) is 7. The van der Waals surface area contributed by atoms with E-state index in [0.717, 1.165) is 11.5 Å². The number of anilines is 2. The molecule has 0 bridgehead atoms. The summed E-state index contributed by atoms with van der Waals surface area (Å²) in [4.78, 5) is 38.2. The number of piperazine rings is 1. The lowest BCUT2D eigenvalue weighted by molar-refractivity contribution is -0.142. The van der Waals surface area contributed by atoms with Crippen LogP contribution in [-0.4, -0.2) is 77.9 Å². The van der Waals surface area contributed by atoms with Crippen LogP contribution >= 0.6 is 0 Å². The molecule has 1 aromatic heterocycles.